The molecular weight excluding hydrogens is 150 g/mol. The van der Waals surface area contributed by atoms with E-state index >= 15 is 0 Å². The first-order chi connectivity index (χ1) is 5.74. The number of allylic oxidation sites excluding steroid dienone is 3. The molecular formula is C10H15NO. The van der Waals surface area contributed by atoms with Crippen molar-refractivity contribution in [1.29, 1.82) is 0 Å². The van der Waals surface area contributed by atoms with Crippen LogP contribution in [0.25, 0.3) is 0 Å². The normalized spacial score (nSPS) is 18.3. The van der Waals surface area contributed by atoms with E-state index in [1.807, 2.05) is 13.8 Å². The molecule has 1 rings (SSSR count). The Morgan fingerprint density at radius 2 is 2.08 bits per heavy atom. The van der Waals surface area contributed by atoms with Crippen LogP contribution in [0.3, 0.4) is 0 Å². The monoisotopic (exact) mass is 165 g/mol. The summed E-state index contributed by atoms with van der Waals surface area (Å²) in [4.78, 5) is 10.7. The highest BCUT2D eigenvalue weighted by molar-refractivity contribution is 5.86. The molecule has 2 nitrogen and oxygen atoms in total. The van der Waals surface area contributed by atoms with E-state index in [1.165, 1.54) is 0 Å². The highest BCUT2D eigenvalue weighted by atomic mass is 16.1. The van der Waals surface area contributed by atoms with Crippen LogP contribution >= 0.6 is 0 Å². The molecule has 0 atom stereocenters. The zero-order chi connectivity index (χ0) is 9.56. The van der Waals surface area contributed by atoms with Gasteiger partial charge in [-0.15, -0.1) is 0 Å². The second-order valence-corrected chi connectivity index (χ2v) is 2.14. The summed E-state index contributed by atoms with van der Waals surface area (Å²) in [5.41, 5.74) is 1.63. The molecule has 0 bridgehead atoms. The molecule has 1 aliphatic heterocycles. The van der Waals surface area contributed by atoms with E-state index in [0.29, 0.717) is 6.42 Å². The van der Waals surface area contributed by atoms with Crippen molar-refractivity contribution < 1.29 is 4.79 Å². The minimum Gasteiger partial charge on any atom is -0.326 e. The van der Waals surface area contributed by atoms with Gasteiger partial charge in [0.2, 0.25) is 5.91 Å². The van der Waals surface area contributed by atoms with Crippen molar-refractivity contribution in [1.82, 2.24) is 5.32 Å². The van der Waals surface area contributed by atoms with Crippen LogP contribution in [0.4, 0.5) is 0 Å². The second kappa shape index (κ2) is 5.35. The zero-order valence-corrected chi connectivity index (χ0v) is 7.68. The molecule has 0 aliphatic carbocycles. The van der Waals surface area contributed by atoms with E-state index in [-0.39, 0.29) is 5.91 Å². The van der Waals surface area contributed by atoms with Gasteiger partial charge in [0.05, 0.1) is 6.42 Å². The van der Waals surface area contributed by atoms with Gasteiger partial charge in [0.1, 0.15) is 0 Å². The first-order valence-electron chi connectivity index (χ1n) is 4.05. The molecule has 0 unspecified atom stereocenters. The predicted octanol–water partition coefficient (Wildman–Crippen LogP) is 2.16. The maximum absolute atomic E-state index is 10.7. The zero-order valence-electron chi connectivity index (χ0n) is 7.68. The molecule has 0 aromatic rings. The Kier molecular flexibility index (Phi) is 4.77. The summed E-state index contributed by atoms with van der Waals surface area (Å²) in [7, 11) is 0. The number of nitrogens with one attached hydrogen (secondary N) is 1. The standard InChI is InChI=1S/C8H9NO.C2H6/c1-3-4-7-6(2)5-8(10)9-7;1-2/h3-4H,1-2,5H2,(H,9,10);1-2H3/b7-4+;. The lowest BCUT2D eigenvalue weighted by Crippen LogP contribution is -2.11. The number of hydrogen-bond donors (Lipinski definition) is 1. The van der Waals surface area contributed by atoms with E-state index in [0.717, 1.165) is 11.3 Å². The van der Waals surface area contributed by atoms with Crippen molar-refractivity contribution in [2.75, 3.05) is 0 Å². The van der Waals surface area contributed by atoms with Crippen molar-refractivity contribution >= 4 is 5.91 Å². The topological polar surface area (TPSA) is 29.1 Å². The highest BCUT2D eigenvalue weighted by Crippen LogP contribution is 2.15. The van der Waals surface area contributed by atoms with Crippen LogP contribution < -0.4 is 5.32 Å². The maximum atomic E-state index is 10.7. The molecule has 66 valence electrons. The van der Waals surface area contributed by atoms with Crippen LogP contribution in [0.2, 0.25) is 0 Å². The van der Waals surface area contributed by atoms with Crippen LogP contribution in [-0.4, -0.2) is 5.91 Å². The van der Waals surface area contributed by atoms with Crippen LogP contribution in [-0.2, 0) is 4.79 Å². The van der Waals surface area contributed by atoms with Crippen molar-refractivity contribution in [2.45, 2.75) is 20.3 Å². The van der Waals surface area contributed by atoms with Gasteiger partial charge in [0.15, 0.2) is 0 Å². The van der Waals surface area contributed by atoms with E-state index < -0.39 is 0 Å². The molecule has 0 spiro atoms. The van der Waals surface area contributed by atoms with Gasteiger partial charge in [-0.2, -0.15) is 0 Å². The fourth-order valence-electron chi connectivity index (χ4n) is 0.849. The maximum Gasteiger partial charge on any atom is 0.228 e. The van der Waals surface area contributed by atoms with Gasteiger partial charge in [-0.1, -0.05) is 33.1 Å². The summed E-state index contributed by atoms with van der Waals surface area (Å²) in [5, 5.41) is 2.66. The van der Waals surface area contributed by atoms with E-state index in [9.17, 15) is 4.79 Å². The average Bonchev–Trinajstić information content (AvgIpc) is 2.35. The van der Waals surface area contributed by atoms with Crippen LogP contribution in [0.15, 0.2) is 36.6 Å². The molecule has 12 heavy (non-hydrogen) atoms. The largest absolute Gasteiger partial charge is 0.326 e. The van der Waals surface area contributed by atoms with Gasteiger partial charge in [-0.3, -0.25) is 4.79 Å². The van der Waals surface area contributed by atoms with Crippen LogP contribution in [0, 0.1) is 0 Å². The molecule has 1 fully saturated rings. The van der Waals surface area contributed by atoms with E-state index in [4.69, 9.17) is 0 Å². The molecule has 1 saturated heterocycles. The first kappa shape index (κ1) is 10.7. The quantitative estimate of drug-likeness (QED) is 0.633. The van der Waals surface area contributed by atoms with Gasteiger partial charge >= 0.3 is 0 Å². The van der Waals surface area contributed by atoms with Crippen molar-refractivity contribution in [3.8, 4) is 0 Å². The Bertz CT molecular complexity index is 226. The molecule has 0 aromatic heterocycles. The molecule has 0 radical (unpaired) electrons. The number of hydrogen-bond acceptors (Lipinski definition) is 1. The molecule has 0 saturated carbocycles. The summed E-state index contributed by atoms with van der Waals surface area (Å²) in [6, 6.07) is 0. The summed E-state index contributed by atoms with van der Waals surface area (Å²) in [6.07, 6.45) is 3.79. The summed E-state index contributed by atoms with van der Waals surface area (Å²) in [5.74, 6) is 0.0121. The lowest BCUT2D eigenvalue weighted by molar-refractivity contribution is -0.118. The molecule has 1 N–H and O–H groups in total. The molecule has 2 heteroatoms. The Labute approximate surface area is 73.7 Å². The third kappa shape index (κ3) is 2.74. The summed E-state index contributed by atoms with van der Waals surface area (Å²) >= 11 is 0. The smallest absolute Gasteiger partial charge is 0.228 e. The third-order valence-corrected chi connectivity index (χ3v) is 1.31. The SMILES string of the molecule is C=C/C=C1/NC(=O)CC1=C.CC. The fraction of sp³-hybridized carbons (Fsp3) is 0.300. The van der Waals surface area contributed by atoms with Crippen LogP contribution in [0.5, 0.6) is 0 Å². The molecule has 1 aliphatic rings. The minimum absolute atomic E-state index is 0.0121. The molecule has 0 aromatic carbocycles. The lowest BCUT2D eigenvalue weighted by atomic mass is 10.2. The Balaban J connectivity index is 0.000000561. The van der Waals surface area contributed by atoms with Crippen LogP contribution in [0.1, 0.15) is 20.3 Å². The van der Waals surface area contributed by atoms with E-state index in [2.05, 4.69) is 18.5 Å². The summed E-state index contributed by atoms with van der Waals surface area (Å²) < 4.78 is 0. The second-order valence-electron chi connectivity index (χ2n) is 2.14. The van der Waals surface area contributed by atoms with Gasteiger partial charge in [-0.25, -0.2) is 0 Å². The van der Waals surface area contributed by atoms with Gasteiger partial charge in [0, 0.05) is 5.70 Å². The first-order valence-corrected chi connectivity index (χ1v) is 4.05. The number of amides is 1. The third-order valence-electron chi connectivity index (χ3n) is 1.31. The Morgan fingerprint density at radius 1 is 1.50 bits per heavy atom. The van der Waals surface area contributed by atoms with Gasteiger partial charge < -0.3 is 5.32 Å². The van der Waals surface area contributed by atoms with Gasteiger partial charge in [0.25, 0.3) is 0 Å². The van der Waals surface area contributed by atoms with Crippen molar-refractivity contribution in [2.24, 2.45) is 0 Å². The minimum atomic E-state index is 0.0121. The summed E-state index contributed by atoms with van der Waals surface area (Å²) in [6.45, 7) is 11.2. The number of carbonyl (C=O) groups excluding carboxylic acids is 1. The Hall–Kier alpha value is -1.31. The number of rotatable bonds is 1. The van der Waals surface area contributed by atoms with Gasteiger partial charge in [-0.05, 0) is 11.6 Å². The number of carbonyl (C=O) groups is 1. The fourth-order valence-corrected chi connectivity index (χ4v) is 0.849. The Morgan fingerprint density at radius 3 is 2.42 bits per heavy atom. The predicted molar refractivity (Wildman–Crippen MR) is 51.5 cm³/mol. The highest BCUT2D eigenvalue weighted by Gasteiger charge is 2.16. The van der Waals surface area contributed by atoms with Crippen molar-refractivity contribution in [3.63, 3.8) is 0 Å². The van der Waals surface area contributed by atoms with E-state index in [1.54, 1.807) is 12.2 Å². The molecule has 1 heterocycles. The molecule has 1 amide bonds. The average molecular weight is 165 g/mol. The van der Waals surface area contributed by atoms with Crippen molar-refractivity contribution in [3.05, 3.63) is 36.6 Å². The lowest BCUT2D eigenvalue weighted by Gasteiger charge is -1.93.